The Morgan fingerprint density at radius 3 is 2.38 bits per heavy atom. The van der Waals surface area contributed by atoms with E-state index in [1.54, 1.807) is 0 Å². The highest BCUT2D eigenvalue weighted by Crippen LogP contribution is 2.87. The van der Waals surface area contributed by atoms with Gasteiger partial charge < -0.3 is 5.11 Å². The molecule has 0 amide bonds. The molecule has 3 atom stereocenters. The second kappa shape index (κ2) is 3.13. The summed E-state index contributed by atoms with van der Waals surface area (Å²) in [6, 6.07) is 0. The number of hydrogen-bond donors (Lipinski definition) is 1. The van der Waals surface area contributed by atoms with Crippen molar-refractivity contribution in [3.63, 3.8) is 0 Å². The van der Waals surface area contributed by atoms with Crippen molar-refractivity contribution in [3.05, 3.63) is 11.6 Å². The molecule has 0 radical (unpaired) electrons. The van der Waals surface area contributed by atoms with Gasteiger partial charge in [-0.15, -0.1) is 0 Å². The summed E-state index contributed by atoms with van der Waals surface area (Å²) in [6.45, 7) is 7.33. The number of hydrogen-bond acceptors (Lipinski definition) is 1. The zero-order chi connectivity index (χ0) is 11.6. The van der Waals surface area contributed by atoms with E-state index in [1.807, 2.05) is 6.92 Å². The molecule has 0 aromatic rings. The van der Waals surface area contributed by atoms with E-state index in [9.17, 15) is 0 Å². The molecule has 0 saturated heterocycles. The lowest BCUT2D eigenvalue weighted by atomic mass is 9.71. The first-order valence-corrected chi connectivity index (χ1v) is 6.80. The van der Waals surface area contributed by atoms with E-state index in [4.69, 9.17) is 5.11 Å². The molecule has 1 N–H and O–H groups in total. The number of allylic oxidation sites excluding steroid dienone is 1. The molecule has 90 valence electrons. The summed E-state index contributed by atoms with van der Waals surface area (Å²) in [6.07, 6.45) is 7.76. The highest BCUT2D eigenvalue weighted by atomic mass is 16.3. The molecule has 0 aromatic carbocycles. The van der Waals surface area contributed by atoms with Gasteiger partial charge in [-0.1, -0.05) is 25.5 Å². The Labute approximate surface area is 98.9 Å². The molecule has 4 fully saturated rings. The van der Waals surface area contributed by atoms with Crippen LogP contribution in [0.5, 0.6) is 0 Å². The lowest BCUT2D eigenvalue weighted by Gasteiger charge is -2.34. The zero-order valence-corrected chi connectivity index (χ0v) is 10.8. The fourth-order valence-corrected chi connectivity index (χ4v) is 5.19. The van der Waals surface area contributed by atoms with Gasteiger partial charge in [0, 0.05) is 0 Å². The van der Waals surface area contributed by atoms with Crippen LogP contribution in [0.15, 0.2) is 11.6 Å². The van der Waals surface area contributed by atoms with Crippen LogP contribution in [0.2, 0.25) is 0 Å². The molecule has 4 rings (SSSR count). The van der Waals surface area contributed by atoms with Gasteiger partial charge in [-0.25, -0.2) is 0 Å². The van der Waals surface area contributed by atoms with Gasteiger partial charge in [0.15, 0.2) is 0 Å². The molecule has 2 unspecified atom stereocenters. The van der Waals surface area contributed by atoms with Crippen LogP contribution < -0.4 is 0 Å². The molecular formula is C15H24O. The molecule has 4 saturated carbocycles. The fourth-order valence-electron chi connectivity index (χ4n) is 5.19. The van der Waals surface area contributed by atoms with Crippen LogP contribution in [0.1, 0.15) is 46.5 Å². The summed E-state index contributed by atoms with van der Waals surface area (Å²) in [5.74, 6) is 3.16. The number of aliphatic hydroxyl groups is 1. The van der Waals surface area contributed by atoms with E-state index in [0.29, 0.717) is 10.8 Å². The van der Waals surface area contributed by atoms with E-state index in [-0.39, 0.29) is 6.61 Å². The monoisotopic (exact) mass is 220 g/mol. The van der Waals surface area contributed by atoms with Gasteiger partial charge in [0.2, 0.25) is 0 Å². The van der Waals surface area contributed by atoms with E-state index in [1.165, 1.54) is 19.3 Å². The average Bonchev–Trinajstić information content (AvgIpc) is 2.62. The van der Waals surface area contributed by atoms with Crippen molar-refractivity contribution in [3.8, 4) is 0 Å². The van der Waals surface area contributed by atoms with E-state index >= 15 is 0 Å². The lowest BCUT2D eigenvalue weighted by molar-refractivity contribution is 0.154. The van der Waals surface area contributed by atoms with Crippen LogP contribution in [0, 0.1) is 28.6 Å². The molecule has 16 heavy (non-hydrogen) atoms. The molecule has 1 heteroatoms. The first kappa shape index (κ1) is 10.8. The summed E-state index contributed by atoms with van der Waals surface area (Å²) in [5, 5.41) is 8.99. The minimum absolute atomic E-state index is 0.225. The molecule has 0 aromatic heterocycles. The number of aliphatic hydroxyl groups excluding tert-OH is 1. The summed E-state index contributed by atoms with van der Waals surface area (Å²) < 4.78 is 0. The summed E-state index contributed by atoms with van der Waals surface area (Å²) >= 11 is 0. The second-order valence-electron chi connectivity index (χ2n) is 6.83. The van der Waals surface area contributed by atoms with E-state index in [2.05, 4.69) is 19.9 Å². The molecule has 4 aliphatic rings. The normalized spacial score (nSPS) is 53.5. The predicted molar refractivity (Wildman–Crippen MR) is 66.0 cm³/mol. The van der Waals surface area contributed by atoms with Gasteiger partial charge >= 0.3 is 0 Å². The Morgan fingerprint density at radius 2 is 1.94 bits per heavy atom. The molecule has 1 nitrogen and oxygen atoms in total. The van der Waals surface area contributed by atoms with E-state index < -0.39 is 0 Å². The van der Waals surface area contributed by atoms with Crippen LogP contribution in [-0.4, -0.2) is 11.7 Å². The van der Waals surface area contributed by atoms with Gasteiger partial charge in [-0.05, 0) is 61.2 Å². The van der Waals surface area contributed by atoms with Gasteiger partial charge in [0.05, 0.1) is 6.61 Å². The number of rotatable bonds is 4. The van der Waals surface area contributed by atoms with Gasteiger partial charge in [-0.2, -0.15) is 0 Å². The third-order valence-electron chi connectivity index (χ3n) is 6.53. The van der Waals surface area contributed by atoms with Gasteiger partial charge in [0.1, 0.15) is 0 Å². The predicted octanol–water partition coefficient (Wildman–Crippen LogP) is 3.39. The van der Waals surface area contributed by atoms with Crippen molar-refractivity contribution < 1.29 is 5.11 Å². The highest BCUT2D eigenvalue weighted by Gasteiger charge is 2.80. The highest BCUT2D eigenvalue weighted by molar-refractivity contribution is 5.29. The smallest absolute Gasteiger partial charge is 0.0639 e. The third-order valence-corrected chi connectivity index (χ3v) is 6.53. The Morgan fingerprint density at radius 1 is 1.31 bits per heavy atom. The first-order chi connectivity index (χ1) is 7.54. The summed E-state index contributed by atoms with van der Waals surface area (Å²) in [4.78, 5) is 0. The first-order valence-electron chi connectivity index (χ1n) is 6.80. The Kier molecular flexibility index (Phi) is 2.12. The maximum atomic E-state index is 8.99. The molecule has 0 spiro atoms. The fraction of sp³-hybridized carbons (Fsp3) is 0.867. The second-order valence-corrected chi connectivity index (χ2v) is 6.83. The van der Waals surface area contributed by atoms with Crippen molar-refractivity contribution in [1.29, 1.82) is 0 Å². The van der Waals surface area contributed by atoms with Crippen molar-refractivity contribution in [2.24, 2.45) is 28.6 Å². The largest absolute Gasteiger partial charge is 0.392 e. The molecule has 0 heterocycles. The molecule has 0 aliphatic heterocycles. The van der Waals surface area contributed by atoms with Crippen molar-refractivity contribution in [2.45, 2.75) is 46.5 Å². The zero-order valence-electron chi connectivity index (χ0n) is 10.8. The van der Waals surface area contributed by atoms with Crippen molar-refractivity contribution in [2.75, 3.05) is 6.61 Å². The van der Waals surface area contributed by atoms with Crippen molar-refractivity contribution >= 4 is 0 Å². The minimum atomic E-state index is 0.225. The summed E-state index contributed by atoms with van der Waals surface area (Å²) in [5.41, 5.74) is 2.43. The maximum Gasteiger partial charge on any atom is 0.0639 e. The maximum absolute atomic E-state index is 8.99. The SMILES string of the molecule is CC(=CCC[C@]1(C)C2CC3C(C2)C31C)CO. The minimum Gasteiger partial charge on any atom is -0.392 e. The molecular weight excluding hydrogens is 196 g/mol. The van der Waals surface area contributed by atoms with Gasteiger partial charge in [-0.3, -0.25) is 0 Å². The van der Waals surface area contributed by atoms with Crippen LogP contribution in [0.25, 0.3) is 0 Å². The summed E-state index contributed by atoms with van der Waals surface area (Å²) in [7, 11) is 0. The van der Waals surface area contributed by atoms with Gasteiger partial charge in [0.25, 0.3) is 0 Å². The van der Waals surface area contributed by atoms with Crippen molar-refractivity contribution in [1.82, 2.24) is 0 Å². The molecule has 4 bridgehead atoms. The van der Waals surface area contributed by atoms with E-state index in [0.717, 1.165) is 29.7 Å². The Hall–Kier alpha value is -0.300. The Balaban J connectivity index is 1.68. The lowest BCUT2D eigenvalue weighted by Crippen LogP contribution is -2.26. The van der Waals surface area contributed by atoms with Crippen LogP contribution in [0.4, 0.5) is 0 Å². The quantitative estimate of drug-likeness (QED) is 0.720. The third kappa shape index (κ3) is 1.06. The molecule has 4 aliphatic carbocycles. The Bertz CT molecular complexity index is 331. The van der Waals surface area contributed by atoms with Crippen LogP contribution in [-0.2, 0) is 0 Å². The van der Waals surface area contributed by atoms with Crippen LogP contribution >= 0.6 is 0 Å². The average molecular weight is 220 g/mol. The van der Waals surface area contributed by atoms with Crippen LogP contribution in [0.3, 0.4) is 0 Å². The standard InChI is InChI=1S/C15H24O/c1-10(9-16)5-4-6-14(2)11-7-12-13(8-11)15(12,14)3/h5,11-13,16H,4,6-9H2,1-3H3/t11?,12?,13?,14-,15?/m1/s1. The topological polar surface area (TPSA) is 20.2 Å².